The zero-order chi connectivity index (χ0) is 14.5. The van der Waals surface area contributed by atoms with Crippen molar-refractivity contribution in [3.05, 3.63) is 34.9 Å². The first-order valence-electron chi connectivity index (χ1n) is 7.05. The molecule has 1 saturated heterocycles. The Bertz CT molecular complexity index is 479. The van der Waals surface area contributed by atoms with Gasteiger partial charge < -0.3 is 10.9 Å². The first kappa shape index (κ1) is 14.8. The van der Waals surface area contributed by atoms with Gasteiger partial charge in [0.05, 0.1) is 6.54 Å². The fourth-order valence-corrected chi connectivity index (χ4v) is 2.53. The third kappa shape index (κ3) is 3.95. The zero-order valence-corrected chi connectivity index (χ0v) is 12.3. The van der Waals surface area contributed by atoms with Crippen molar-refractivity contribution >= 4 is 5.84 Å². The molecule has 20 heavy (non-hydrogen) atoms. The number of benzene rings is 1. The summed E-state index contributed by atoms with van der Waals surface area (Å²) in [7, 11) is 0. The second-order valence-corrected chi connectivity index (χ2v) is 5.56. The van der Waals surface area contributed by atoms with E-state index in [1.165, 1.54) is 16.7 Å². The van der Waals surface area contributed by atoms with Gasteiger partial charge in [0.1, 0.15) is 0 Å². The van der Waals surface area contributed by atoms with Gasteiger partial charge in [0.25, 0.3) is 0 Å². The number of nitrogens with zero attached hydrogens (tertiary/aromatic N) is 3. The van der Waals surface area contributed by atoms with Crippen LogP contribution in [0.3, 0.4) is 0 Å². The minimum atomic E-state index is 0.285. The van der Waals surface area contributed by atoms with Crippen molar-refractivity contribution in [3.8, 4) is 0 Å². The lowest BCUT2D eigenvalue weighted by Gasteiger charge is -2.34. The number of hydrogen-bond donors (Lipinski definition) is 2. The van der Waals surface area contributed by atoms with Crippen molar-refractivity contribution in [3.63, 3.8) is 0 Å². The van der Waals surface area contributed by atoms with Crippen LogP contribution in [0.5, 0.6) is 0 Å². The third-order valence-electron chi connectivity index (χ3n) is 3.96. The second kappa shape index (κ2) is 6.72. The van der Waals surface area contributed by atoms with E-state index in [1.807, 2.05) is 0 Å². The van der Waals surface area contributed by atoms with Crippen LogP contribution < -0.4 is 5.73 Å². The van der Waals surface area contributed by atoms with E-state index in [9.17, 15) is 0 Å². The quantitative estimate of drug-likeness (QED) is 0.375. The Hall–Kier alpha value is -1.59. The van der Waals surface area contributed by atoms with E-state index in [0.29, 0.717) is 6.54 Å². The molecule has 5 nitrogen and oxygen atoms in total. The largest absolute Gasteiger partial charge is 0.409 e. The Labute approximate surface area is 120 Å². The van der Waals surface area contributed by atoms with E-state index in [0.717, 1.165) is 32.7 Å². The van der Waals surface area contributed by atoms with Crippen LogP contribution in [0.15, 0.2) is 23.4 Å². The second-order valence-electron chi connectivity index (χ2n) is 5.56. The molecule has 1 aliphatic rings. The van der Waals surface area contributed by atoms with Gasteiger partial charge in [-0.15, -0.1) is 0 Å². The molecule has 1 heterocycles. The molecule has 0 atom stereocenters. The Morgan fingerprint density at radius 3 is 2.40 bits per heavy atom. The number of amidine groups is 1. The molecule has 2 rings (SSSR count). The maximum atomic E-state index is 8.59. The van der Waals surface area contributed by atoms with E-state index < -0.39 is 0 Å². The summed E-state index contributed by atoms with van der Waals surface area (Å²) in [5, 5.41) is 11.6. The first-order chi connectivity index (χ1) is 9.58. The van der Waals surface area contributed by atoms with Crippen molar-refractivity contribution in [1.29, 1.82) is 0 Å². The average Bonchev–Trinajstić information content (AvgIpc) is 2.45. The molecule has 0 aromatic heterocycles. The molecule has 0 unspecified atom stereocenters. The third-order valence-corrected chi connectivity index (χ3v) is 3.96. The highest BCUT2D eigenvalue weighted by atomic mass is 16.4. The minimum absolute atomic E-state index is 0.285. The average molecular weight is 276 g/mol. The molecule has 5 heteroatoms. The van der Waals surface area contributed by atoms with Crippen molar-refractivity contribution < 1.29 is 5.21 Å². The van der Waals surface area contributed by atoms with Crippen molar-refractivity contribution in [2.45, 2.75) is 20.4 Å². The van der Waals surface area contributed by atoms with Crippen LogP contribution in [0.4, 0.5) is 0 Å². The smallest absolute Gasteiger partial charge is 0.153 e. The van der Waals surface area contributed by atoms with E-state index in [4.69, 9.17) is 10.9 Å². The van der Waals surface area contributed by atoms with E-state index >= 15 is 0 Å². The highest BCUT2D eigenvalue weighted by Crippen LogP contribution is 2.13. The molecule has 0 radical (unpaired) electrons. The molecule has 1 aliphatic heterocycles. The highest BCUT2D eigenvalue weighted by Gasteiger charge is 2.17. The summed E-state index contributed by atoms with van der Waals surface area (Å²) in [5.74, 6) is 0.285. The predicted octanol–water partition coefficient (Wildman–Crippen LogP) is 1.17. The molecule has 1 aromatic carbocycles. The lowest BCUT2D eigenvalue weighted by molar-refractivity contribution is 0.139. The number of aryl methyl sites for hydroxylation is 2. The van der Waals surface area contributed by atoms with Crippen molar-refractivity contribution in [1.82, 2.24) is 9.80 Å². The molecule has 3 N–H and O–H groups in total. The summed E-state index contributed by atoms with van der Waals surface area (Å²) < 4.78 is 0. The molecule has 0 saturated carbocycles. The number of nitrogens with two attached hydrogens (primary N) is 1. The van der Waals surface area contributed by atoms with Crippen LogP contribution >= 0.6 is 0 Å². The van der Waals surface area contributed by atoms with Gasteiger partial charge in [-0.2, -0.15) is 0 Å². The zero-order valence-electron chi connectivity index (χ0n) is 12.3. The molecule has 0 bridgehead atoms. The fraction of sp³-hybridized carbons (Fsp3) is 0.533. The predicted molar refractivity (Wildman–Crippen MR) is 81.0 cm³/mol. The Kier molecular flexibility index (Phi) is 4.98. The summed E-state index contributed by atoms with van der Waals surface area (Å²) in [5.41, 5.74) is 9.61. The number of rotatable bonds is 4. The Morgan fingerprint density at radius 1 is 1.15 bits per heavy atom. The summed E-state index contributed by atoms with van der Waals surface area (Å²) in [6.45, 7) is 9.81. The highest BCUT2D eigenvalue weighted by molar-refractivity contribution is 5.81. The van der Waals surface area contributed by atoms with Crippen LogP contribution in [-0.2, 0) is 6.54 Å². The molecule has 0 aliphatic carbocycles. The van der Waals surface area contributed by atoms with Gasteiger partial charge in [0.15, 0.2) is 5.84 Å². The van der Waals surface area contributed by atoms with Crippen LogP contribution in [-0.4, -0.2) is 53.6 Å². The van der Waals surface area contributed by atoms with Crippen LogP contribution in [0.2, 0.25) is 0 Å². The van der Waals surface area contributed by atoms with Crippen molar-refractivity contribution in [2.24, 2.45) is 10.9 Å². The monoisotopic (exact) mass is 276 g/mol. The maximum Gasteiger partial charge on any atom is 0.153 e. The molecule has 1 fully saturated rings. The topological polar surface area (TPSA) is 65.1 Å². The molecule has 0 spiro atoms. The normalized spacial score (nSPS) is 18.4. The SMILES string of the molecule is Cc1ccc(CN2CCN(CC(N)=NO)CC2)cc1C. The van der Waals surface area contributed by atoms with Gasteiger partial charge in [0.2, 0.25) is 0 Å². The van der Waals surface area contributed by atoms with E-state index in [1.54, 1.807) is 0 Å². The molecule has 110 valence electrons. The lowest BCUT2D eigenvalue weighted by atomic mass is 10.1. The standard InChI is InChI=1S/C15H24N4O/c1-12-3-4-14(9-13(12)2)10-18-5-7-19(8-6-18)11-15(16)17-20/h3-4,9,20H,5-8,10-11H2,1-2H3,(H2,16,17). The lowest BCUT2D eigenvalue weighted by Crippen LogP contribution is -2.48. The van der Waals surface area contributed by atoms with Gasteiger partial charge in [-0.05, 0) is 30.5 Å². The van der Waals surface area contributed by atoms with Gasteiger partial charge in [-0.1, -0.05) is 23.4 Å². The summed E-state index contributed by atoms with van der Waals surface area (Å²) in [6, 6.07) is 6.68. The summed E-state index contributed by atoms with van der Waals surface area (Å²) in [4.78, 5) is 4.67. The first-order valence-corrected chi connectivity index (χ1v) is 7.05. The van der Waals surface area contributed by atoms with Crippen LogP contribution in [0.25, 0.3) is 0 Å². The number of piperazine rings is 1. The summed E-state index contributed by atoms with van der Waals surface area (Å²) in [6.07, 6.45) is 0. The molecule has 1 aromatic rings. The number of hydrogen-bond acceptors (Lipinski definition) is 4. The van der Waals surface area contributed by atoms with Gasteiger partial charge >= 0.3 is 0 Å². The summed E-state index contributed by atoms with van der Waals surface area (Å²) >= 11 is 0. The van der Waals surface area contributed by atoms with Gasteiger partial charge in [-0.3, -0.25) is 9.80 Å². The van der Waals surface area contributed by atoms with E-state index in [-0.39, 0.29) is 5.84 Å². The minimum Gasteiger partial charge on any atom is -0.409 e. The maximum absolute atomic E-state index is 8.59. The van der Waals surface area contributed by atoms with E-state index in [2.05, 4.69) is 47.0 Å². The van der Waals surface area contributed by atoms with Crippen LogP contribution in [0, 0.1) is 13.8 Å². The molecular formula is C15H24N4O. The number of oxime groups is 1. The molecule has 0 amide bonds. The van der Waals surface area contributed by atoms with Gasteiger partial charge in [0, 0.05) is 32.7 Å². The van der Waals surface area contributed by atoms with Crippen LogP contribution in [0.1, 0.15) is 16.7 Å². The Morgan fingerprint density at radius 2 is 1.80 bits per heavy atom. The van der Waals surface area contributed by atoms with Gasteiger partial charge in [-0.25, -0.2) is 0 Å². The Balaban J connectivity index is 1.83. The molecular weight excluding hydrogens is 252 g/mol. The van der Waals surface area contributed by atoms with Crippen molar-refractivity contribution in [2.75, 3.05) is 32.7 Å². The fourth-order valence-electron chi connectivity index (χ4n) is 2.53.